The second-order valence-electron chi connectivity index (χ2n) is 23.6. The van der Waals surface area contributed by atoms with Gasteiger partial charge in [-0.05, 0) is 115 Å². The van der Waals surface area contributed by atoms with E-state index in [1.165, 1.54) is 24.3 Å². The molecule has 4 aliphatic rings. The minimum Gasteiger partial charge on any atom is -0.521 e. The predicted molar refractivity (Wildman–Crippen MR) is 290 cm³/mol. The van der Waals surface area contributed by atoms with Gasteiger partial charge in [0.2, 0.25) is 0 Å². The third-order valence-electron chi connectivity index (χ3n) is 13.8. The predicted octanol–water partition coefficient (Wildman–Crippen LogP) is 16.1. The first-order valence-corrected chi connectivity index (χ1v) is 24.9. The second-order valence-corrected chi connectivity index (χ2v) is 23.6. The molecule has 4 heterocycles. The molecule has 0 saturated heterocycles. The summed E-state index contributed by atoms with van der Waals surface area (Å²) < 4.78 is 108. The highest BCUT2D eigenvalue weighted by Crippen LogP contribution is 2.40. The van der Waals surface area contributed by atoms with Gasteiger partial charge in [0, 0.05) is 33.2 Å². The lowest BCUT2D eigenvalue weighted by atomic mass is 9.68. The van der Waals surface area contributed by atoms with Crippen LogP contribution in [-0.2, 0) is 52.6 Å². The zero-order valence-electron chi connectivity index (χ0n) is 43.9. The molecule has 10 rings (SSSR count). The summed E-state index contributed by atoms with van der Waals surface area (Å²) in [5.74, 6) is 1.92. The van der Waals surface area contributed by atoms with E-state index in [-0.39, 0.29) is 21.7 Å². The van der Waals surface area contributed by atoms with Gasteiger partial charge in [0.25, 0.3) is 0 Å². The lowest BCUT2D eigenvalue weighted by molar-refractivity contribution is -0.138. The molecule has 0 N–H and O–H groups in total. The Morgan fingerprint density at radius 2 is 0.473 bits per heavy atom. The number of hydrogen-bond donors (Lipinski definition) is 0. The maximum Gasteiger partial charge on any atom is 0.633 e. The zero-order valence-corrected chi connectivity index (χ0v) is 43.9. The Hall–Kier alpha value is -6.81. The van der Waals surface area contributed by atoms with Gasteiger partial charge in [0.15, 0.2) is 0 Å². The highest BCUT2D eigenvalue weighted by atomic mass is 19.4. The SMILES string of the molecule is CC(C)(C)c1ccc(C2=Cc3cc(C(F)(F)F)cc4c3B(O2)OC(c2ccc(C(C)(C)C)cc2)=C4)cc1.CC(C)(C)c1ccc(C2=Cc3cc(C(F)(F)F)cc4c3B(O2)OC(c2ccc(C(C)(C)C)cc2)=C4)cc1. The van der Waals surface area contributed by atoms with E-state index in [9.17, 15) is 26.3 Å². The van der Waals surface area contributed by atoms with Crippen molar-refractivity contribution in [2.45, 2.75) is 117 Å². The van der Waals surface area contributed by atoms with Crippen molar-refractivity contribution < 1.29 is 45.0 Å². The lowest BCUT2D eigenvalue weighted by Crippen LogP contribution is -2.44. The molecule has 12 heteroatoms. The molecule has 74 heavy (non-hydrogen) atoms. The summed E-state index contributed by atoms with van der Waals surface area (Å²) in [5.41, 5.74) is 9.36. The number of halogens is 6. The molecule has 4 aliphatic heterocycles. The van der Waals surface area contributed by atoms with Crippen LogP contribution in [0.4, 0.5) is 26.3 Å². The first-order chi connectivity index (χ1) is 34.4. The largest absolute Gasteiger partial charge is 0.633 e. The first-order valence-electron chi connectivity index (χ1n) is 24.9. The van der Waals surface area contributed by atoms with Crippen molar-refractivity contribution >= 4 is 72.5 Å². The molecule has 0 amide bonds. The summed E-state index contributed by atoms with van der Waals surface area (Å²) >= 11 is 0. The van der Waals surface area contributed by atoms with Gasteiger partial charge >= 0.3 is 26.6 Å². The standard InChI is InChI=1S/2C31H30BF3O2/c2*1-29(2,3)23-11-7-19(8-12-23)26-17-21-15-25(31(33,34)35)16-22-18-27(37-32(36-26)28(21)22)20-9-13-24(14-10-20)30(4,5)6/h2*7-18H,1-6H3. The number of alkyl halides is 6. The van der Waals surface area contributed by atoms with E-state index in [1.54, 1.807) is 24.3 Å². The van der Waals surface area contributed by atoms with Crippen molar-refractivity contribution in [3.8, 4) is 0 Å². The Kier molecular flexibility index (Phi) is 13.0. The van der Waals surface area contributed by atoms with Gasteiger partial charge in [0.05, 0.1) is 11.1 Å². The minimum atomic E-state index is -4.47. The van der Waals surface area contributed by atoms with Crippen molar-refractivity contribution in [1.29, 1.82) is 0 Å². The summed E-state index contributed by atoms with van der Waals surface area (Å²) in [4.78, 5) is 0. The quantitative estimate of drug-likeness (QED) is 0.130. The molecule has 0 radical (unpaired) electrons. The molecular weight excluding hydrogens is 944 g/mol. The van der Waals surface area contributed by atoms with Gasteiger partial charge < -0.3 is 18.6 Å². The third-order valence-corrected chi connectivity index (χ3v) is 13.8. The first kappa shape index (κ1) is 52.1. The molecule has 0 fully saturated rings. The lowest BCUT2D eigenvalue weighted by Gasteiger charge is -2.31. The van der Waals surface area contributed by atoms with Gasteiger partial charge in [0.1, 0.15) is 23.0 Å². The molecule has 0 aliphatic carbocycles. The zero-order chi connectivity index (χ0) is 53.5. The average Bonchev–Trinajstić information content (AvgIpc) is 3.32. The van der Waals surface area contributed by atoms with Crippen LogP contribution in [0, 0.1) is 0 Å². The summed E-state index contributed by atoms with van der Waals surface area (Å²) in [7, 11) is -1.70. The van der Waals surface area contributed by atoms with Crippen molar-refractivity contribution in [3.05, 3.63) is 199 Å². The van der Waals surface area contributed by atoms with E-state index in [0.717, 1.165) is 44.5 Å². The van der Waals surface area contributed by atoms with Crippen LogP contribution in [0.1, 0.15) is 161 Å². The Bertz CT molecular complexity index is 2830. The van der Waals surface area contributed by atoms with Gasteiger partial charge in [-0.25, -0.2) is 0 Å². The minimum absolute atomic E-state index is 0.0157. The fraction of sp³-hybridized carbons (Fsp3) is 0.290. The number of benzene rings is 6. The van der Waals surface area contributed by atoms with E-state index in [1.807, 2.05) is 97.1 Å². The molecule has 0 unspecified atom stereocenters. The Morgan fingerprint density at radius 1 is 0.284 bits per heavy atom. The molecule has 0 saturated carbocycles. The van der Waals surface area contributed by atoms with Crippen molar-refractivity contribution in [2.24, 2.45) is 0 Å². The van der Waals surface area contributed by atoms with E-state index < -0.39 is 37.7 Å². The molecular formula is C62H60B2F6O4. The fourth-order valence-corrected chi connectivity index (χ4v) is 9.34. The van der Waals surface area contributed by atoms with Crippen LogP contribution in [-0.4, -0.2) is 14.2 Å². The number of rotatable bonds is 4. The summed E-state index contributed by atoms with van der Waals surface area (Å²) in [5, 5.41) is 0. The monoisotopic (exact) mass is 1000 g/mol. The smallest absolute Gasteiger partial charge is 0.521 e. The fourth-order valence-electron chi connectivity index (χ4n) is 9.34. The summed E-state index contributed by atoms with van der Waals surface area (Å²) in [6, 6.07) is 36.4. The van der Waals surface area contributed by atoms with Gasteiger partial charge in [-0.15, -0.1) is 0 Å². The van der Waals surface area contributed by atoms with Crippen LogP contribution < -0.4 is 10.9 Å². The Labute approximate surface area is 432 Å². The molecule has 4 nitrogen and oxygen atoms in total. The van der Waals surface area contributed by atoms with E-state index in [2.05, 4.69) is 83.1 Å². The molecule has 6 aromatic rings. The highest BCUT2D eigenvalue weighted by Gasteiger charge is 2.44. The van der Waals surface area contributed by atoms with Crippen LogP contribution in [0.15, 0.2) is 121 Å². The second kappa shape index (κ2) is 18.5. The van der Waals surface area contributed by atoms with E-state index in [0.29, 0.717) is 56.2 Å². The molecule has 0 aromatic heterocycles. The Morgan fingerprint density at radius 3 is 0.635 bits per heavy atom. The molecule has 0 bridgehead atoms. The van der Waals surface area contributed by atoms with Crippen LogP contribution in [0.25, 0.3) is 47.3 Å². The van der Waals surface area contributed by atoms with Crippen LogP contribution >= 0.6 is 0 Å². The van der Waals surface area contributed by atoms with Crippen LogP contribution in [0.2, 0.25) is 0 Å². The summed E-state index contributed by atoms with van der Waals surface area (Å²) in [6.45, 7) is 25.6. The molecule has 0 atom stereocenters. The van der Waals surface area contributed by atoms with Gasteiger partial charge in [-0.3, -0.25) is 0 Å². The van der Waals surface area contributed by atoms with Crippen molar-refractivity contribution in [1.82, 2.24) is 0 Å². The maximum atomic E-state index is 13.8. The molecule has 380 valence electrons. The number of hydrogen-bond acceptors (Lipinski definition) is 4. The van der Waals surface area contributed by atoms with Gasteiger partial charge in [-0.2, -0.15) is 26.3 Å². The third kappa shape index (κ3) is 10.9. The van der Waals surface area contributed by atoms with Crippen LogP contribution in [0.5, 0.6) is 0 Å². The maximum absolute atomic E-state index is 13.8. The molecule has 0 spiro atoms. The normalized spacial score (nSPS) is 15.3. The van der Waals surface area contributed by atoms with Crippen LogP contribution in [0.3, 0.4) is 0 Å². The van der Waals surface area contributed by atoms with E-state index in [4.69, 9.17) is 18.6 Å². The average molecular weight is 1000 g/mol. The highest BCUT2D eigenvalue weighted by molar-refractivity contribution is 6.67. The van der Waals surface area contributed by atoms with E-state index >= 15 is 0 Å². The summed E-state index contributed by atoms with van der Waals surface area (Å²) in [6.07, 6.45) is -2.23. The van der Waals surface area contributed by atoms with Gasteiger partial charge in [-0.1, -0.05) is 180 Å². The topological polar surface area (TPSA) is 36.9 Å². The van der Waals surface area contributed by atoms with Crippen molar-refractivity contribution in [3.63, 3.8) is 0 Å². The Balaban J connectivity index is 0.000000182. The molecule has 6 aromatic carbocycles. The van der Waals surface area contributed by atoms with Crippen molar-refractivity contribution in [2.75, 3.05) is 0 Å².